The largest absolute Gasteiger partial charge is 0.465 e. The Balaban J connectivity index is 2.28. The van der Waals surface area contributed by atoms with E-state index in [9.17, 15) is 14.4 Å². The fourth-order valence-corrected chi connectivity index (χ4v) is 6.48. The van der Waals surface area contributed by atoms with Crippen LogP contribution in [0.15, 0.2) is 48.6 Å². The molecule has 1 heterocycles. The zero-order valence-corrected chi connectivity index (χ0v) is 36.4. The second-order valence-electron chi connectivity index (χ2n) is 15.8. The molecule has 0 aliphatic carbocycles. The van der Waals surface area contributed by atoms with E-state index in [-0.39, 0.29) is 43.6 Å². The lowest BCUT2D eigenvalue weighted by Gasteiger charge is -2.32. The highest BCUT2D eigenvalue weighted by Crippen LogP contribution is 2.12. The van der Waals surface area contributed by atoms with Gasteiger partial charge < -0.3 is 24.0 Å². The van der Waals surface area contributed by atoms with Gasteiger partial charge in [0.15, 0.2) is 0 Å². The molecular formula is C48H84N2O6. The first-order chi connectivity index (χ1) is 27.4. The summed E-state index contributed by atoms with van der Waals surface area (Å²) in [5.74, 6) is -1.16. The molecule has 1 aliphatic rings. The second kappa shape index (κ2) is 39.1. The molecule has 0 spiro atoms. The van der Waals surface area contributed by atoms with Crippen molar-refractivity contribution < 1.29 is 28.6 Å². The molecule has 0 amide bonds. The van der Waals surface area contributed by atoms with Crippen LogP contribution in [0.3, 0.4) is 0 Å². The van der Waals surface area contributed by atoms with Crippen LogP contribution in [0.2, 0.25) is 0 Å². The van der Waals surface area contributed by atoms with Gasteiger partial charge in [-0.1, -0.05) is 127 Å². The molecule has 0 atom stereocenters. The number of carbonyl (C=O) groups is 3. The van der Waals surface area contributed by atoms with Crippen molar-refractivity contribution in [3.8, 4) is 0 Å². The van der Waals surface area contributed by atoms with Crippen LogP contribution in [-0.2, 0) is 28.6 Å². The van der Waals surface area contributed by atoms with Crippen molar-refractivity contribution in [1.82, 2.24) is 9.80 Å². The average Bonchev–Trinajstić information content (AvgIpc) is 3.20. The van der Waals surface area contributed by atoms with Crippen LogP contribution in [0.1, 0.15) is 174 Å². The summed E-state index contributed by atoms with van der Waals surface area (Å²) in [7, 11) is 2.11. The number of hydrogen-bond acceptors (Lipinski definition) is 8. The van der Waals surface area contributed by atoms with E-state index in [1.165, 1.54) is 64.2 Å². The van der Waals surface area contributed by atoms with Crippen molar-refractivity contribution in [3.63, 3.8) is 0 Å². The van der Waals surface area contributed by atoms with Gasteiger partial charge in [0.2, 0.25) is 0 Å². The third kappa shape index (κ3) is 34.5. The lowest BCUT2D eigenvalue weighted by atomic mass is 10.1. The molecule has 0 bridgehead atoms. The highest BCUT2D eigenvalue weighted by molar-refractivity contribution is 5.70. The SMILES string of the molecule is CCCCCC=CCC=CCCCCCCCC(=O)OCC(COC(=O)CCCCCCCC=CCC=CCCCCC)COC(=O)CCN1CCN(C)CC1. The molecule has 8 nitrogen and oxygen atoms in total. The van der Waals surface area contributed by atoms with Crippen molar-refractivity contribution in [2.24, 2.45) is 5.92 Å². The van der Waals surface area contributed by atoms with Crippen molar-refractivity contribution in [2.75, 3.05) is 59.6 Å². The van der Waals surface area contributed by atoms with Crippen molar-refractivity contribution in [2.45, 2.75) is 174 Å². The first kappa shape index (κ1) is 51.3. The Morgan fingerprint density at radius 2 is 0.821 bits per heavy atom. The van der Waals surface area contributed by atoms with Gasteiger partial charge in [-0.2, -0.15) is 0 Å². The first-order valence-corrected chi connectivity index (χ1v) is 22.9. The molecule has 1 rings (SSSR count). The van der Waals surface area contributed by atoms with Crippen LogP contribution < -0.4 is 0 Å². The van der Waals surface area contributed by atoms with Gasteiger partial charge in [0.1, 0.15) is 19.8 Å². The van der Waals surface area contributed by atoms with Crippen molar-refractivity contribution in [3.05, 3.63) is 48.6 Å². The van der Waals surface area contributed by atoms with Gasteiger partial charge >= 0.3 is 17.9 Å². The highest BCUT2D eigenvalue weighted by Gasteiger charge is 2.19. The second-order valence-corrected chi connectivity index (χ2v) is 15.8. The van der Waals surface area contributed by atoms with E-state index in [1.807, 2.05) is 0 Å². The minimum Gasteiger partial charge on any atom is -0.465 e. The maximum absolute atomic E-state index is 12.6. The van der Waals surface area contributed by atoms with Crippen LogP contribution in [0.5, 0.6) is 0 Å². The zero-order valence-electron chi connectivity index (χ0n) is 36.4. The number of ether oxygens (including phenoxy) is 3. The minimum absolute atomic E-state index is 0.0650. The van der Waals surface area contributed by atoms with Gasteiger partial charge in [0, 0.05) is 45.6 Å². The summed E-state index contributed by atoms with van der Waals surface area (Å²) < 4.78 is 16.8. The van der Waals surface area contributed by atoms with E-state index in [2.05, 4.69) is 79.3 Å². The number of piperazine rings is 1. The third-order valence-electron chi connectivity index (χ3n) is 10.3. The predicted molar refractivity (Wildman–Crippen MR) is 234 cm³/mol. The average molecular weight is 785 g/mol. The minimum atomic E-state index is -0.385. The summed E-state index contributed by atoms with van der Waals surface area (Å²) in [6, 6.07) is 0. The van der Waals surface area contributed by atoms with Gasteiger partial charge in [0.05, 0.1) is 12.3 Å². The molecule has 0 aromatic heterocycles. The standard InChI is InChI=1S/C48H84N2O6/c1-4-6-8-10-12-14-16-18-20-22-24-26-28-30-32-34-46(51)54-42-45(44-56-48(53)36-37-50-40-38-49(3)39-41-50)43-55-47(52)35-33-31-29-27-25-23-21-19-17-15-13-11-9-7-5-2/h12-15,18-21,45H,4-11,16-17,22-44H2,1-3H3. The van der Waals surface area contributed by atoms with E-state index >= 15 is 0 Å². The van der Waals surface area contributed by atoms with E-state index in [4.69, 9.17) is 14.2 Å². The Morgan fingerprint density at radius 3 is 1.23 bits per heavy atom. The number of hydrogen-bond donors (Lipinski definition) is 0. The topological polar surface area (TPSA) is 85.4 Å². The number of likely N-dealkylation sites (N-methyl/N-ethyl adjacent to an activating group) is 1. The van der Waals surface area contributed by atoms with Crippen LogP contribution in [0, 0.1) is 5.92 Å². The summed E-state index contributed by atoms with van der Waals surface area (Å²) in [5.41, 5.74) is 0. The Bertz CT molecular complexity index is 1000. The van der Waals surface area contributed by atoms with Crippen LogP contribution >= 0.6 is 0 Å². The highest BCUT2D eigenvalue weighted by atomic mass is 16.6. The summed E-state index contributed by atoms with van der Waals surface area (Å²) in [5, 5.41) is 0. The van der Waals surface area contributed by atoms with E-state index in [0.717, 1.165) is 103 Å². The summed E-state index contributed by atoms with van der Waals surface area (Å²) in [6.45, 7) is 9.24. The summed E-state index contributed by atoms with van der Waals surface area (Å²) >= 11 is 0. The predicted octanol–water partition coefficient (Wildman–Crippen LogP) is 11.5. The Labute approximate surface area is 343 Å². The number of unbranched alkanes of at least 4 members (excludes halogenated alkanes) is 16. The molecule has 1 aliphatic heterocycles. The van der Waals surface area contributed by atoms with Crippen LogP contribution in [0.25, 0.3) is 0 Å². The Morgan fingerprint density at radius 1 is 0.464 bits per heavy atom. The number of nitrogens with zero attached hydrogens (tertiary/aromatic N) is 2. The smallest absolute Gasteiger partial charge is 0.307 e. The molecule has 0 unspecified atom stereocenters. The third-order valence-corrected chi connectivity index (χ3v) is 10.3. The van der Waals surface area contributed by atoms with E-state index in [1.54, 1.807) is 0 Å². The molecule has 322 valence electrons. The quantitative estimate of drug-likeness (QED) is 0.0266. The number of carbonyl (C=O) groups excluding carboxylic acids is 3. The molecular weight excluding hydrogens is 701 g/mol. The molecule has 1 fully saturated rings. The van der Waals surface area contributed by atoms with E-state index in [0.29, 0.717) is 25.8 Å². The van der Waals surface area contributed by atoms with Crippen LogP contribution in [-0.4, -0.2) is 87.3 Å². The Kier molecular flexibility index (Phi) is 35.9. The number of allylic oxidation sites excluding steroid dienone is 8. The molecule has 8 heteroatoms. The molecule has 56 heavy (non-hydrogen) atoms. The maximum Gasteiger partial charge on any atom is 0.307 e. The summed E-state index contributed by atoms with van der Waals surface area (Å²) in [4.78, 5) is 42.3. The van der Waals surface area contributed by atoms with Gasteiger partial charge in [-0.3, -0.25) is 14.4 Å². The molecule has 0 aromatic carbocycles. The zero-order chi connectivity index (χ0) is 40.6. The summed E-state index contributed by atoms with van der Waals surface area (Å²) in [6.07, 6.45) is 44.1. The van der Waals surface area contributed by atoms with E-state index < -0.39 is 0 Å². The molecule has 0 N–H and O–H groups in total. The van der Waals surface area contributed by atoms with Crippen LogP contribution in [0.4, 0.5) is 0 Å². The van der Waals surface area contributed by atoms with Crippen molar-refractivity contribution >= 4 is 17.9 Å². The fraction of sp³-hybridized carbons (Fsp3) is 0.771. The van der Waals surface area contributed by atoms with Gasteiger partial charge in [-0.15, -0.1) is 0 Å². The molecule has 0 radical (unpaired) electrons. The van der Waals surface area contributed by atoms with Gasteiger partial charge in [0.25, 0.3) is 0 Å². The monoisotopic (exact) mass is 785 g/mol. The Hall–Kier alpha value is -2.71. The number of esters is 3. The van der Waals surface area contributed by atoms with Gasteiger partial charge in [-0.05, 0) is 84.1 Å². The van der Waals surface area contributed by atoms with Crippen molar-refractivity contribution in [1.29, 1.82) is 0 Å². The fourth-order valence-electron chi connectivity index (χ4n) is 6.48. The lowest BCUT2D eigenvalue weighted by Crippen LogP contribution is -2.45. The normalized spacial score (nSPS) is 14.8. The maximum atomic E-state index is 12.6. The lowest BCUT2D eigenvalue weighted by molar-refractivity contribution is -0.153. The molecule has 0 aromatic rings. The molecule has 1 saturated heterocycles. The number of rotatable bonds is 37. The first-order valence-electron chi connectivity index (χ1n) is 22.9. The van der Waals surface area contributed by atoms with Gasteiger partial charge in [-0.25, -0.2) is 0 Å². The molecule has 0 saturated carbocycles.